The molecule has 0 aliphatic heterocycles. The van der Waals surface area contributed by atoms with Gasteiger partial charge in [-0.1, -0.05) is 0 Å². The van der Waals surface area contributed by atoms with Gasteiger partial charge in [-0.15, -0.1) is 11.3 Å². The molecule has 2 aromatic rings. The summed E-state index contributed by atoms with van der Waals surface area (Å²) in [5, 5.41) is 3.89. The van der Waals surface area contributed by atoms with Crippen molar-refractivity contribution in [3.63, 3.8) is 0 Å². The molecule has 0 aromatic carbocycles. The first-order valence-corrected chi connectivity index (χ1v) is 8.92. The summed E-state index contributed by atoms with van der Waals surface area (Å²) in [5.41, 5.74) is 5.96. The third-order valence-corrected chi connectivity index (χ3v) is 5.30. The van der Waals surface area contributed by atoms with Crippen molar-refractivity contribution in [2.75, 3.05) is 26.8 Å². The molecule has 0 radical (unpaired) electrons. The molecule has 0 saturated carbocycles. The third-order valence-electron chi connectivity index (χ3n) is 3.98. The minimum absolute atomic E-state index is 0.193. The van der Waals surface area contributed by atoms with Gasteiger partial charge in [0.25, 0.3) is 5.56 Å². The fourth-order valence-corrected chi connectivity index (χ4v) is 4.00. The molecule has 0 fully saturated rings. The largest absolute Gasteiger partial charge is 0.383 e. The number of rotatable bonds is 8. The molecule has 0 aliphatic rings. The van der Waals surface area contributed by atoms with E-state index >= 15 is 0 Å². The van der Waals surface area contributed by atoms with Crippen molar-refractivity contribution in [1.82, 2.24) is 14.5 Å². The lowest BCUT2D eigenvalue weighted by Gasteiger charge is -2.14. The Morgan fingerprint density at radius 3 is 2.62 bits per heavy atom. The Kier molecular flexibility index (Phi) is 6.34. The summed E-state index contributed by atoms with van der Waals surface area (Å²) in [6, 6.07) is -0.193. The lowest BCUT2D eigenvalue weighted by atomic mass is 10.2. The van der Waals surface area contributed by atoms with Gasteiger partial charge in [0, 0.05) is 37.7 Å². The molecule has 0 saturated heterocycles. The van der Waals surface area contributed by atoms with Crippen molar-refractivity contribution < 1.29 is 4.74 Å². The van der Waals surface area contributed by atoms with Crippen LogP contribution in [0.5, 0.6) is 0 Å². The Labute approximate surface area is 145 Å². The highest BCUT2D eigenvalue weighted by atomic mass is 32.1. The second kappa shape index (κ2) is 8.06. The van der Waals surface area contributed by atoms with Crippen LogP contribution in [0.1, 0.15) is 30.3 Å². The fourth-order valence-electron chi connectivity index (χ4n) is 2.72. The Hall–Kier alpha value is -1.48. The fraction of sp³-hybridized carbons (Fsp3) is 0.625. The van der Waals surface area contributed by atoms with E-state index in [4.69, 9.17) is 10.5 Å². The van der Waals surface area contributed by atoms with Gasteiger partial charge < -0.3 is 15.8 Å². The number of fused-ring (bicyclic) bond motifs is 1. The van der Waals surface area contributed by atoms with E-state index in [0.29, 0.717) is 38.2 Å². The summed E-state index contributed by atoms with van der Waals surface area (Å²) >= 11 is 1.49. The highest BCUT2D eigenvalue weighted by Crippen LogP contribution is 2.28. The Morgan fingerprint density at radius 1 is 1.33 bits per heavy atom. The number of ether oxygens (including phenoxy) is 1. The van der Waals surface area contributed by atoms with Crippen LogP contribution in [0, 0.1) is 6.92 Å². The molecule has 2 aromatic heterocycles. The topological polar surface area (TPSA) is 91.3 Å². The predicted molar refractivity (Wildman–Crippen MR) is 98.1 cm³/mol. The zero-order chi connectivity index (χ0) is 17.9. The van der Waals surface area contributed by atoms with Gasteiger partial charge in [-0.25, -0.2) is 4.79 Å². The number of nitrogens with zero attached hydrogens (tertiary/aromatic N) is 2. The summed E-state index contributed by atoms with van der Waals surface area (Å²) in [6.45, 7) is 8.39. The van der Waals surface area contributed by atoms with E-state index < -0.39 is 0 Å². The van der Waals surface area contributed by atoms with Crippen LogP contribution in [0.3, 0.4) is 0 Å². The van der Waals surface area contributed by atoms with Gasteiger partial charge >= 0.3 is 5.69 Å². The minimum Gasteiger partial charge on any atom is -0.383 e. The lowest BCUT2D eigenvalue weighted by molar-refractivity contribution is 0.186. The summed E-state index contributed by atoms with van der Waals surface area (Å²) in [7, 11) is 1.60. The molecular weight excluding hydrogens is 328 g/mol. The number of aromatic nitrogens is 2. The van der Waals surface area contributed by atoms with E-state index in [1.165, 1.54) is 15.9 Å². The zero-order valence-electron chi connectivity index (χ0n) is 14.7. The van der Waals surface area contributed by atoms with E-state index in [0.717, 1.165) is 15.3 Å². The maximum absolute atomic E-state index is 12.9. The van der Waals surface area contributed by atoms with Gasteiger partial charge in [0.2, 0.25) is 0 Å². The predicted octanol–water partition coefficient (Wildman–Crippen LogP) is 0.809. The molecule has 0 unspecified atom stereocenters. The number of nitrogens with one attached hydrogen (secondary N) is 1. The van der Waals surface area contributed by atoms with Crippen molar-refractivity contribution in [2.24, 2.45) is 5.73 Å². The van der Waals surface area contributed by atoms with Gasteiger partial charge in [-0.05, 0) is 26.3 Å². The first kappa shape index (κ1) is 18.9. The molecule has 0 atom stereocenters. The normalized spacial score (nSPS) is 11.8. The second-order valence-corrected chi connectivity index (χ2v) is 7.08. The Morgan fingerprint density at radius 2 is 2.04 bits per heavy atom. The first-order valence-electron chi connectivity index (χ1n) is 8.11. The first-order chi connectivity index (χ1) is 11.4. The monoisotopic (exact) mass is 354 g/mol. The molecular formula is C16H26N4O3S. The van der Waals surface area contributed by atoms with Crippen LogP contribution < -0.4 is 22.3 Å². The molecule has 0 amide bonds. The van der Waals surface area contributed by atoms with Gasteiger partial charge in [0.05, 0.1) is 18.5 Å². The maximum Gasteiger partial charge on any atom is 0.332 e. The van der Waals surface area contributed by atoms with Crippen LogP contribution >= 0.6 is 11.3 Å². The maximum atomic E-state index is 12.9. The SMILES string of the molecule is COCCn1c(=O)n(C(C)C)c(=O)c2c(C)c(CNCCN)sc21. The number of nitrogens with two attached hydrogens (primary N) is 1. The van der Waals surface area contributed by atoms with Crippen LogP contribution in [0.15, 0.2) is 9.59 Å². The van der Waals surface area contributed by atoms with Crippen molar-refractivity contribution in [1.29, 1.82) is 0 Å². The molecule has 0 spiro atoms. The highest BCUT2D eigenvalue weighted by molar-refractivity contribution is 7.18. The molecule has 7 nitrogen and oxygen atoms in total. The smallest absolute Gasteiger partial charge is 0.332 e. The van der Waals surface area contributed by atoms with Crippen molar-refractivity contribution in [3.05, 3.63) is 31.3 Å². The molecule has 0 aliphatic carbocycles. The van der Waals surface area contributed by atoms with Crippen LogP contribution in [0.25, 0.3) is 10.2 Å². The summed E-state index contributed by atoms with van der Waals surface area (Å²) < 4.78 is 8.11. The van der Waals surface area contributed by atoms with E-state index in [9.17, 15) is 9.59 Å². The van der Waals surface area contributed by atoms with Crippen molar-refractivity contribution in [3.8, 4) is 0 Å². The van der Waals surface area contributed by atoms with E-state index in [1.807, 2.05) is 20.8 Å². The van der Waals surface area contributed by atoms with Crippen LogP contribution in [-0.4, -0.2) is 35.9 Å². The van der Waals surface area contributed by atoms with Gasteiger partial charge in [-0.3, -0.25) is 13.9 Å². The highest BCUT2D eigenvalue weighted by Gasteiger charge is 2.20. The molecule has 134 valence electrons. The Bertz CT molecular complexity index is 819. The second-order valence-electron chi connectivity index (χ2n) is 5.99. The van der Waals surface area contributed by atoms with Gasteiger partial charge in [-0.2, -0.15) is 0 Å². The minimum atomic E-state index is -0.276. The molecule has 8 heteroatoms. The molecule has 24 heavy (non-hydrogen) atoms. The van der Waals surface area contributed by atoms with Gasteiger partial charge in [0.15, 0.2) is 0 Å². The number of hydrogen-bond acceptors (Lipinski definition) is 6. The van der Waals surface area contributed by atoms with Crippen LogP contribution in [-0.2, 0) is 17.8 Å². The standard InChI is InChI=1S/C16H26N4O3S/c1-10(2)20-14(21)13-11(3)12(9-18-6-5-17)24-15(13)19(16(20)22)7-8-23-4/h10,18H,5-9,17H2,1-4H3. The molecule has 2 heterocycles. The molecule has 3 N–H and O–H groups in total. The average molecular weight is 354 g/mol. The Balaban J connectivity index is 2.70. The van der Waals surface area contributed by atoms with Crippen molar-refractivity contribution >= 4 is 21.6 Å². The lowest BCUT2D eigenvalue weighted by Crippen LogP contribution is -2.41. The third kappa shape index (κ3) is 3.46. The van der Waals surface area contributed by atoms with Gasteiger partial charge in [0.1, 0.15) is 4.83 Å². The van der Waals surface area contributed by atoms with Crippen LogP contribution in [0.4, 0.5) is 0 Å². The van der Waals surface area contributed by atoms with E-state index in [1.54, 1.807) is 11.7 Å². The molecule has 0 bridgehead atoms. The summed E-state index contributed by atoms with van der Waals surface area (Å²) in [4.78, 5) is 27.4. The summed E-state index contributed by atoms with van der Waals surface area (Å²) in [6.07, 6.45) is 0. The quantitative estimate of drug-likeness (QED) is 0.685. The summed E-state index contributed by atoms with van der Waals surface area (Å²) in [5.74, 6) is 0. The van der Waals surface area contributed by atoms with E-state index in [-0.39, 0.29) is 17.3 Å². The van der Waals surface area contributed by atoms with Crippen LogP contribution in [0.2, 0.25) is 0 Å². The average Bonchev–Trinajstić information content (AvgIpc) is 2.84. The zero-order valence-corrected chi connectivity index (χ0v) is 15.5. The van der Waals surface area contributed by atoms with Crippen molar-refractivity contribution in [2.45, 2.75) is 39.9 Å². The number of thiophene rings is 1. The number of aryl methyl sites for hydroxylation is 1. The number of methoxy groups -OCH3 is 1. The van der Waals surface area contributed by atoms with E-state index in [2.05, 4.69) is 5.32 Å². The molecule has 2 rings (SSSR count). The number of hydrogen-bond donors (Lipinski definition) is 2.